The number of carbonyl (C=O) groups is 2. The molecule has 2 aliphatic heterocycles. The third kappa shape index (κ3) is 3.32. The van der Waals surface area contributed by atoms with Gasteiger partial charge in [-0.1, -0.05) is 11.6 Å². The Balaban J connectivity index is 1.46. The van der Waals surface area contributed by atoms with Crippen molar-refractivity contribution in [1.29, 1.82) is 0 Å². The van der Waals surface area contributed by atoms with Crippen LogP contribution in [0.5, 0.6) is 0 Å². The molecule has 6 nitrogen and oxygen atoms in total. The Kier molecular flexibility index (Phi) is 4.86. The Labute approximate surface area is 162 Å². The summed E-state index contributed by atoms with van der Waals surface area (Å²) in [5, 5.41) is 10.8. The first kappa shape index (κ1) is 18.3. The summed E-state index contributed by atoms with van der Waals surface area (Å²) >= 11 is 6.05. The molecule has 4 rings (SSSR count). The van der Waals surface area contributed by atoms with Crippen molar-refractivity contribution in [3.8, 4) is 0 Å². The van der Waals surface area contributed by atoms with Gasteiger partial charge in [-0.15, -0.1) is 0 Å². The number of hydrogen-bond acceptors (Lipinski definition) is 4. The van der Waals surface area contributed by atoms with E-state index in [9.17, 15) is 14.7 Å². The van der Waals surface area contributed by atoms with Gasteiger partial charge in [0.2, 0.25) is 0 Å². The maximum absolute atomic E-state index is 12.9. The first-order valence-electron chi connectivity index (χ1n) is 9.28. The van der Waals surface area contributed by atoms with Gasteiger partial charge in [0.05, 0.1) is 12.0 Å². The molecule has 27 heavy (non-hydrogen) atoms. The number of halogens is 1. The molecule has 0 radical (unpaired) electrons. The van der Waals surface area contributed by atoms with Crippen LogP contribution in [0.3, 0.4) is 0 Å². The molecule has 2 aliphatic rings. The van der Waals surface area contributed by atoms with Crippen LogP contribution in [-0.2, 0) is 9.53 Å². The highest BCUT2D eigenvalue weighted by atomic mass is 35.5. The fourth-order valence-electron chi connectivity index (χ4n) is 4.31. The zero-order chi connectivity index (χ0) is 19.1. The number of furan rings is 1. The van der Waals surface area contributed by atoms with Gasteiger partial charge in [0.15, 0.2) is 5.76 Å². The lowest BCUT2D eigenvalue weighted by Gasteiger charge is -2.35. The van der Waals surface area contributed by atoms with Crippen molar-refractivity contribution in [2.75, 3.05) is 19.7 Å². The van der Waals surface area contributed by atoms with Crippen LogP contribution in [0.25, 0.3) is 11.0 Å². The topological polar surface area (TPSA) is 80.0 Å². The third-order valence-corrected chi connectivity index (χ3v) is 6.07. The monoisotopic (exact) mass is 391 g/mol. The Morgan fingerprint density at radius 3 is 2.67 bits per heavy atom. The molecular weight excluding hydrogens is 370 g/mol. The smallest absolute Gasteiger partial charge is 0.309 e. The Bertz CT molecular complexity index is 884. The highest BCUT2D eigenvalue weighted by Crippen LogP contribution is 2.34. The Morgan fingerprint density at radius 1 is 1.22 bits per heavy atom. The van der Waals surface area contributed by atoms with Crippen molar-refractivity contribution in [1.82, 2.24) is 4.90 Å². The quantitative estimate of drug-likeness (QED) is 0.862. The van der Waals surface area contributed by atoms with E-state index in [0.717, 1.165) is 23.8 Å². The van der Waals surface area contributed by atoms with E-state index in [4.69, 9.17) is 20.8 Å². The summed E-state index contributed by atoms with van der Waals surface area (Å²) in [7, 11) is 0. The molecule has 3 heterocycles. The number of carboxylic acid groups (broad SMARTS) is 1. The van der Waals surface area contributed by atoms with E-state index in [1.807, 2.05) is 13.0 Å². The molecular formula is C20H22ClNO5. The minimum absolute atomic E-state index is 0.125. The van der Waals surface area contributed by atoms with Crippen molar-refractivity contribution in [3.63, 3.8) is 0 Å². The van der Waals surface area contributed by atoms with Gasteiger partial charge in [0, 0.05) is 35.7 Å². The number of ether oxygens (including phenoxy) is 1. The number of carbonyl (C=O) groups excluding carboxylic acids is 1. The van der Waals surface area contributed by atoms with Crippen LogP contribution in [0, 0.1) is 18.8 Å². The molecule has 0 bridgehead atoms. The van der Waals surface area contributed by atoms with Gasteiger partial charge in [-0.05, 0) is 50.3 Å². The van der Waals surface area contributed by atoms with E-state index < -0.39 is 11.9 Å². The van der Waals surface area contributed by atoms with Crippen LogP contribution in [0.15, 0.2) is 22.6 Å². The maximum Gasteiger partial charge on any atom is 0.309 e. The Morgan fingerprint density at radius 2 is 1.96 bits per heavy atom. The molecule has 1 amide bonds. The van der Waals surface area contributed by atoms with Gasteiger partial charge in [-0.25, -0.2) is 0 Å². The van der Waals surface area contributed by atoms with Crippen molar-refractivity contribution >= 4 is 34.4 Å². The molecule has 0 aliphatic carbocycles. The number of aryl methyl sites for hydroxylation is 1. The lowest BCUT2D eigenvalue weighted by Crippen LogP contribution is -2.43. The van der Waals surface area contributed by atoms with Gasteiger partial charge >= 0.3 is 5.97 Å². The predicted molar refractivity (Wildman–Crippen MR) is 100 cm³/mol. The van der Waals surface area contributed by atoms with Crippen LogP contribution < -0.4 is 0 Å². The molecule has 0 spiro atoms. The van der Waals surface area contributed by atoms with E-state index >= 15 is 0 Å². The molecule has 1 aromatic heterocycles. The average Bonchev–Trinajstić information content (AvgIpc) is 3.27. The molecule has 1 N–H and O–H groups in total. The third-order valence-electron chi connectivity index (χ3n) is 5.84. The second kappa shape index (κ2) is 7.17. The summed E-state index contributed by atoms with van der Waals surface area (Å²) in [5.41, 5.74) is 1.45. The molecule has 1 unspecified atom stereocenters. The minimum atomic E-state index is -0.785. The number of nitrogens with zero attached hydrogens (tertiary/aromatic N) is 1. The van der Waals surface area contributed by atoms with Gasteiger partial charge in [-0.2, -0.15) is 0 Å². The molecule has 2 aromatic rings. The number of hydrogen-bond donors (Lipinski definition) is 1. The average molecular weight is 392 g/mol. The number of fused-ring (bicyclic) bond motifs is 1. The fourth-order valence-corrected chi connectivity index (χ4v) is 4.48. The molecule has 0 saturated carbocycles. The predicted octanol–water partition coefficient (Wildman–Crippen LogP) is 3.74. The number of rotatable bonds is 3. The second-order valence-electron chi connectivity index (χ2n) is 7.40. The Hall–Kier alpha value is -2.05. The zero-order valence-corrected chi connectivity index (χ0v) is 15.9. The summed E-state index contributed by atoms with van der Waals surface area (Å²) < 4.78 is 11.5. The van der Waals surface area contributed by atoms with Crippen LogP contribution in [-0.4, -0.2) is 47.7 Å². The van der Waals surface area contributed by atoms with Crippen LogP contribution in [0.2, 0.25) is 5.02 Å². The van der Waals surface area contributed by atoms with E-state index in [2.05, 4.69) is 0 Å². The number of piperidine rings is 1. The van der Waals surface area contributed by atoms with Gasteiger partial charge in [-0.3, -0.25) is 9.59 Å². The van der Waals surface area contributed by atoms with E-state index in [1.165, 1.54) is 0 Å². The number of carboxylic acids is 1. The molecule has 7 heteroatoms. The number of aliphatic carboxylic acids is 1. The van der Waals surface area contributed by atoms with Gasteiger partial charge < -0.3 is 19.2 Å². The normalized spacial score (nSPS) is 23.9. The fraction of sp³-hybridized carbons (Fsp3) is 0.500. The maximum atomic E-state index is 12.9. The van der Waals surface area contributed by atoms with E-state index in [0.29, 0.717) is 42.5 Å². The van der Waals surface area contributed by atoms with Gasteiger partial charge in [0.1, 0.15) is 5.58 Å². The largest absolute Gasteiger partial charge is 0.481 e. The first-order chi connectivity index (χ1) is 13.0. The number of benzene rings is 1. The highest BCUT2D eigenvalue weighted by molar-refractivity contribution is 6.31. The molecule has 1 aromatic carbocycles. The highest BCUT2D eigenvalue weighted by Gasteiger charge is 2.41. The first-order valence-corrected chi connectivity index (χ1v) is 9.66. The lowest BCUT2D eigenvalue weighted by atomic mass is 9.84. The van der Waals surface area contributed by atoms with Crippen LogP contribution in [0.1, 0.15) is 35.4 Å². The number of likely N-dealkylation sites (tertiary alicyclic amines) is 1. The summed E-state index contributed by atoms with van der Waals surface area (Å²) in [6.07, 6.45) is 1.81. The summed E-state index contributed by atoms with van der Waals surface area (Å²) in [6, 6.07) is 5.33. The zero-order valence-electron chi connectivity index (χ0n) is 15.1. The van der Waals surface area contributed by atoms with Crippen molar-refractivity contribution in [2.45, 2.75) is 32.3 Å². The molecule has 144 valence electrons. The minimum Gasteiger partial charge on any atom is -0.481 e. The molecule has 2 atom stereocenters. The standard InChI is InChI=1S/C20H22ClNO5/c1-11-15-10-13(21)2-3-16(15)27-17(11)19(23)22-7-4-12(5-8-22)18-14(20(24)25)6-9-26-18/h2-3,10,12,14,18H,4-9H2,1H3,(H,24,25)/t14?,18-/m0/s1. The van der Waals surface area contributed by atoms with E-state index in [-0.39, 0.29) is 17.9 Å². The summed E-state index contributed by atoms with van der Waals surface area (Å²) in [5.74, 6) is -0.813. The molecule has 2 saturated heterocycles. The second-order valence-corrected chi connectivity index (χ2v) is 7.83. The van der Waals surface area contributed by atoms with Crippen LogP contribution >= 0.6 is 11.6 Å². The van der Waals surface area contributed by atoms with Crippen molar-refractivity contribution in [3.05, 3.63) is 34.5 Å². The molecule has 2 fully saturated rings. The number of amides is 1. The summed E-state index contributed by atoms with van der Waals surface area (Å²) in [4.78, 5) is 26.1. The van der Waals surface area contributed by atoms with Gasteiger partial charge in [0.25, 0.3) is 5.91 Å². The van der Waals surface area contributed by atoms with Crippen LogP contribution in [0.4, 0.5) is 0 Å². The SMILES string of the molecule is Cc1c(C(=O)N2CCC([C@@H]3OCCC3C(=O)O)CC2)oc2ccc(Cl)cc12. The summed E-state index contributed by atoms with van der Waals surface area (Å²) in [6.45, 7) is 3.52. The van der Waals surface area contributed by atoms with E-state index in [1.54, 1.807) is 17.0 Å². The lowest BCUT2D eigenvalue weighted by molar-refractivity contribution is -0.145. The van der Waals surface area contributed by atoms with Crippen molar-refractivity contribution in [2.24, 2.45) is 11.8 Å². The van der Waals surface area contributed by atoms with Crippen molar-refractivity contribution < 1.29 is 23.8 Å².